The molecule has 4 rings (SSSR count). The highest BCUT2D eigenvalue weighted by Crippen LogP contribution is 2.47. The van der Waals surface area contributed by atoms with Crippen molar-refractivity contribution in [1.29, 1.82) is 0 Å². The van der Waals surface area contributed by atoms with Crippen LogP contribution in [0.4, 0.5) is 11.4 Å². The van der Waals surface area contributed by atoms with Crippen LogP contribution in [0.3, 0.4) is 0 Å². The topological polar surface area (TPSA) is 86.3 Å². The molecule has 1 aliphatic rings. The molecule has 3 aromatic carbocycles. The van der Waals surface area contributed by atoms with Crippen LogP contribution in [0.15, 0.2) is 78.9 Å². The summed E-state index contributed by atoms with van der Waals surface area (Å²) < 4.78 is 0. The summed E-state index contributed by atoms with van der Waals surface area (Å²) >= 11 is 0. The van der Waals surface area contributed by atoms with Crippen LogP contribution in [-0.4, -0.2) is 9.85 Å². The molecule has 6 nitrogen and oxygen atoms in total. The van der Waals surface area contributed by atoms with Gasteiger partial charge in [-0.05, 0) is 17.5 Å². The van der Waals surface area contributed by atoms with Gasteiger partial charge in [-0.15, -0.1) is 0 Å². The van der Waals surface area contributed by atoms with Crippen LogP contribution in [-0.2, 0) is 11.8 Å². The smallest absolute Gasteiger partial charge is 0.258 e. The van der Waals surface area contributed by atoms with Crippen molar-refractivity contribution in [2.24, 2.45) is 0 Å². The molecule has 0 aromatic heterocycles. The van der Waals surface area contributed by atoms with E-state index in [4.69, 9.17) is 0 Å². The molecule has 0 bridgehead atoms. The third-order valence-corrected chi connectivity index (χ3v) is 5.23. The SMILES string of the molecule is O=[N+]([O-])c1ccccc1C1(c2ccccc2[N+](=O)[O-])C=Cc2ccccc2C1. The van der Waals surface area contributed by atoms with Gasteiger partial charge < -0.3 is 0 Å². The number of hydrogen-bond acceptors (Lipinski definition) is 4. The molecule has 138 valence electrons. The number of nitrogens with zero attached hydrogens (tertiary/aromatic N) is 2. The van der Waals surface area contributed by atoms with Crippen LogP contribution in [0.1, 0.15) is 22.3 Å². The fraction of sp³-hybridized carbons (Fsp3) is 0.0909. The van der Waals surface area contributed by atoms with Gasteiger partial charge in [0.15, 0.2) is 0 Å². The van der Waals surface area contributed by atoms with Crippen molar-refractivity contribution in [1.82, 2.24) is 0 Å². The zero-order valence-electron chi connectivity index (χ0n) is 14.8. The summed E-state index contributed by atoms with van der Waals surface area (Å²) in [6.45, 7) is 0. The number of fused-ring (bicyclic) bond motifs is 1. The van der Waals surface area contributed by atoms with E-state index in [-0.39, 0.29) is 11.4 Å². The molecule has 0 unspecified atom stereocenters. The second kappa shape index (κ2) is 6.74. The van der Waals surface area contributed by atoms with E-state index in [1.807, 2.05) is 36.4 Å². The van der Waals surface area contributed by atoms with Crippen molar-refractivity contribution < 1.29 is 9.85 Å². The van der Waals surface area contributed by atoms with Gasteiger partial charge in [0.1, 0.15) is 0 Å². The van der Waals surface area contributed by atoms with Crippen LogP contribution in [0, 0.1) is 20.2 Å². The first-order valence-electron chi connectivity index (χ1n) is 8.78. The zero-order chi connectivity index (χ0) is 19.7. The molecule has 1 aliphatic carbocycles. The van der Waals surface area contributed by atoms with E-state index in [9.17, 15) is 20.2 Å². The van der Waals surface area contributed by atoms with Gasteiger partial charge in [0.25, 0.3) is 11.4 Å². The highest BCUT2D eigenvalue weighted by molar-refractivity contribution is 5.69. The van der Waals surface area contributed by atoms with E-state index in [1.165, 1.54) is 12.1 Å². The number of benzene rings is 3. The Bertz CT molecular complexity index is 1060. The van der Waals surface area contributed by atoms with E-state index >= 15 is 0 Å². The average Bonchev–Trinajstić information content (AvgIpc) is 2.73. The average molecular weight is 372 g/mol. The van der Waals surface area contributed by atoms with Gasteiger partial charge in [0, 0.05) is 23.3 Å². The Hall–Kier alpha value is -3.80. The first-order chi connectivity index (χ1) is 13.5. The lowest BCUT2D eigenvalue weighted by Gasteiger charge is -2.34. The molecular weight excluding hydrogens is 356 g/mol. The first kappa shape index (κ1) is 17.6. The molecule has 0 amide bonds. The largest absolute Gasteiger partial charge is 0.273 e. The summed E-state index contributed by atoms with van der Waals surface area (Å²) in [5, 5.41) is 23.5. The summed E-state index contributed by atoms with van der Waals surface area (Å²) in [5.74, 6) is 0. The predicted molar refractivity (Wildman–Crippen MR) is 106 cm³/mol. The highest BCUT2D eigenvalue weighted by atomic mass is 16.6. The summed E-state index contributed by atoms with van der Waals surface area (Å²) in [5.41, 5.74) is 1.77. The molecule has 3 aromatic rings. The number of allylic oxidation sites excluding steroid dienone is 1. The standard InChI is InChI=1S/C22H16N2O4/c25-23(26)20-11-5-3-9-18(20)22(19-10-4-6-12-21(19)24(27)28)14-13-16-7-1-2-8-17(16)15-22/h1-14H,15H2. The number of para-hydroxylation sites is 2. The molecule has 0 spiro atoms. The Morgan fingerprint density at radius 1 is 0.714 bits per heavy atom. The van der Waals surface area contributed by atoms with Crippen molar-refractivity contribution in [3.63, 3.8) is 0 Å². The minimum atomic E-state index is -1.01. The van der Waals surface area contributed by atoms with Gasteiger partial charge in [0.2, 0.25) is 0 Å². The van der Waals surface area contributed by atoms with Crippen LogP contribution < -0.4 is 0 Å². The third kappa shape index (κ3) is 2.75. The molecule has 28 heavy (non-hydrogen) atoms. The zero-order valence-corrected chi connectivity index (χ0v) is 14.8. The third-order valence-electron chi connectivity index (χ3n) is 5.23. The molecule has 0 saturated carbocycles. The summed E-state index contributed by atoms with van der Waals surface area (Å²) in [7, 11) is 0. The van der Waals surface area contributed by atoms with Crippen LogP contribution in [0.2, 0.25) is 0 Å². The Morgan fingerprint density at radius 3 is 1.79 bits per heavy atom. The van der Waals surface area contributed by atoms with E-state index in [2.05, 4.69) is 0 Å². The molecule has 0 saturated heterocycles. The first-order valence-corrected chi connectivity index (χ1v) is 8.78. The number of nitro benzene ring substituents is 2. The number of nitro groups is 2. The highest BCUT2D eigenvalue weighted by Gasteiger charge is 2.43. The van der Waals surface area contributed by atoms with Gasteiger partial charge >= 0.3 is 0 Å². The molecule has 6 heteroatoms. The summed E-state index contributed by atoms with van der Waals surface area (Å²) in [4.78, 5) is 22.6. The van der Waals surface area contributed by atoms with Crippen molar-refractivity contribution in [3.05, 3.63) is 121 Å². The van der Waals surface area contributed by atoms with Crippen molar-refractivity contribution in [2.45, 2.75) is 11.8 Å². The Labute approximate surface area is 161 Å². The van der Waals surface area contributed by atoms with Gasteiger partial charge in [0.05, 0.1) is 15.3 Å². The van der Waals surface area contributed by atoms with Crippen LogP contribution in [0.5, 0.6) is 0 Å². The fourth-order valence-corrected chi connectivity index (χ4v) is 3.98. The van der Waals surface area contributed by atoms with Crippen LogP contribution >= 0.6 is 0 Å². The lowest BCUT2D eigenvalue weighted by molar-refractivity contribution is -0.387. The quantitative estimate of drug-likeness (QED) is 0.473. The molecule has 0 N–H and O–H groups in total. The summed E-state index contributed by atoms with van der Waals surface area (Å²) in [6.07, 6.45) is 4.15. The lowest BCUT2D eigenvalue weighted by Crippen LogP contribution is -2.32. The van der Waals surface area contributed by atoms with E-state index in [0.717, 1.165) is 11.1 Å². The second-order valence-corrected chi connectivity index (χ2v) is 6.73. The molecule has 0 radical (unpaired) electrons. The van der Waals surface area contributed by atoms with Crippen molar-refractivity contribution in [3.8, 4) is 0 Å². The minimum Gasteiger partial charge on any atom is -0.258 e. The molecule has 0 atom stereocenters. The van der Waals surface area contributed by atoms with E-state index in [1.54, 1.807) is 36.4 Å². The Kier molecular flexibility index (Phi) is 4.24. The molecule has 0 aliphatic heterocycles. The van der Waals surface area contributed by atoms with Gasteiger partial charge in [-0.2, -0.15) is 0 Å². The molecule has 0 fully saturated rings. The normalized spacial score (nSPS) is 14.3. The molecular formula is C22H16N2O4. The second-order valence-electron chi connectivity index (χ2n) is 6.73. The van der Waals surface area contributed by atoms with E-state index < -0.39 is 15.3 Å². The number of hydrogen-bond donors (Lipinski definition) is 0. The van der Waals surface area contributed by atoms with Gasteiger partial charge in [-0.1, -0.05) is 72.8 Å². The lowest BCUT2D eigenvalue weighted by atomic mass is 9.66. The minimum absolute atomic E-state index is 0.0512. The van der Waals surface area contributed by atoms with Crippen LogP contribution in [0.25, 0.3) is 6.08 Å². The maximum atomic E-state index is 11.7. The maximum absolute atomic E-state index is 11.7. The van der Waals surface area contributed by atoms with Crippen molar-refractivity contribution in [2.75, 3.05) is 0 Å². The number of rotatable bonds is 4. The van der Waals surface area contributed by atoms with Gasteiger partial charge in [-0.3, -0.25) is 20.2 Å². The monoisotopic (exact) mass is 372 g/mol. The van der Waals surface area contributed by atoms with E-state index in [0.29, 0.717) is 17.5 Å². The van der Waals surface area contributed by atoms with Crippen molar-refractivity contribution >= 4 is 17.5 Å². The Morgan fingerprint density at radius 2 is 1.21 bits per heavy atom. The summed E-state index contributed by atoms with van der Waals surface area (Å²) in [6, 6.07) is 20.7. The predicted octanol–water partition coefficient (Wildman–Crippen LogP) is 5.06. The maximum Gasteiger partial charge on any atom is 0.273 e. The Balaban J connectivity index is 2.06. The molecule has 0 heterocycles. The van der Waals surface area contributed by atoms with Gasteiger partial charge in [-0.25, -0.2) is 0 Å². The fourth-order valence-electron chi connectivity index (χ4n) is 3.98.